The number of likely N-dealkylation sites (tertiary alicyclic amines) is 1. The Bertz CT molecular complexity index is 1280. The lowest BCUT2D eigenvalue weighted by atomic mass is 9.99. The van der Waals surface area contributed by atoms with Crippen LogP contribution in [0.1, 0.15) is 16.1 Å². The Labute approximate surface area is 194 Å². The van der Waals surface area contributed by atoms with Crippen LogP contribution in [0.2, 0.25) is 0 Å². The van der Waals surface area contributed by atoms with E-state index in [2.05, 4.69) is 10.4 Å². The lowest BCUT2D eigenvalue weighted by Crippen LogP contribution is -2.52. The van der Waals surface area contributed by atoms with E-state index in [0.29, 0.717) is 24.3 Å². The van der Waals surface area contributed by atoms with Crippen molar-refractivity contribution in [3.05, 3.63) is 59.3 Å². The minimum atomic E-state index is -0.718. The number of nitrogens with one attached hydrogen (secondary N) is 1. The van der Waals surface area contributed by atoms with E-state index in [9.17, 15) is 18.4 Å². The predicted molar refractivity (Wildman–Crippen MR) is 119 cm³/mol. The van der Waals surface area contributed by atoms with Crippen molar-refractivity contribution in [2.45, 2.75) is 6.92 Å². The van der Waals surface area contributed by atoms with Crippen LogP contribution in [0.25, 0.3) is 11.3 Å². The molecule has 1 aromatic heterocycles. The van der Waals surface area contributed by atoms with Gasteiger partial charge in [-0.3, -0.25) is 14.3 Å². The van der Waals surface area contributed by atoms with Gasteiger partial charge in [0.1, 0.15) is 11.6 Å². The molecule has 1 fully saturated rings. The molecule has 1 N–H and O–H groups in total. The third kappa shape index (κ3) is 4.07. The van der Waals surface area contributed by atoms with Crippen molar-refractivity contribution < 1.29 is 27.8 Å². The first kappa shape index (κ1) is 21.9. The molecule has 34 heavy (non-hydrogen) atoms. The number of aryl methyl sites for hydroxylation is 2. The number of rotatable bonds is 5. The molecule has 2 aliphatic heterocycles. The van der Waals surface area contributed by atoms with E-state index in [1.54, 1.807) is 16.8 Å². The van der Waals surface area contributed by atoms with Crippen LogP contribution in [-0.2, 0) is 11.8 Å². The molecule has 3 aromatic rings. The zero-order valence-corrected chi connectivity index (χ0v) is 18.6. The quantitative estimate of drug-likeness (QED) is 0.622. The van der Waals surface area contributed by atoms with Crippen LogP contribution < -0.4 is 14.8 Å². The Morgan fingerprint density at radius 3 is 2.71 bits per heavy atom. The number of hydrogen-bond donors (Lipinski definition) is 1. The lowest BCUT2D eigenvalue weighted by molar-refractivity contribution is -0.118. The summed E-state index contributed by atoms with van der Waals surface area (Å²) < 4.78 is 41.5. The Kier molecular flexibility index (Phi) is 5.43. The molecule has 0 saturated carbocycles. The summed E-state index contributed by atoms with van der Waals surface area (Å²) >= 11 is 0. The first-order valence-corrected chi connectivity index (χ1v) is 10.8. The van der Waals surface area contributed by atoms with Gasteiger partial charge in [-0.25, -0.2) is 8.78 Å². The number of halogens is 2. The average Bonchev–Trinajstić information content (AvgIpc) is 3.11. The third-order valence-electron chi connectivity index (χ3n) is 5.99. The molecule has 0 radical (unpaired) electrons. The normalized spacial score (nSPS) is 15.3. The van der Waals surface area contributed by atoms with Gasteiger partial charge in [0.25, 0.3) is 11.8 Å². The second-order valence-corrected chi connectivity index (χ2v) is 8.49. The largest absolute Gasteiger partial charge is 0.490 e. The van der Waals surface area contributed by atoms with Gasteiger partial charge in [-0.2, -0.15) is 5.10 Å². The molecule has 0 spiro atoms. The van der Waals surface area contributed by atoms with Gasteiger partial charge >= 0.3 is 0 Å². The van der Waals surface area contributed by atoms with Crippen LogP contribution in [0.5, 0.6) is 11.5 Å². The topological polar surface area (TPSA) is 85.7 Å². The van der Waals surface area contributed by atoms with Crippen molar-refractivity contribution in [1.82, 2.24) is 14.7 Å². The number of anilines is 1. The average molecular weight is 468 g/mol. The van der Waals surface area contributed by atoms with Gasteiger partial charge in [-0.05, 0) is 37.3 Å². The number of carbonyl (C=O) groups excluding carboxylic acids is 2. The van der Waals surface area contributed by atoms with E-state index in [1.807, 2.05) is 20.0 Å². The summed E-state index contributed by atoms with van der Waals surface area (Å²) in [6, 6.07) is 8.96. The van der Waals surface area contributed by atoms with Gasteiger partial charge in [0.15, 0.2) is 18.2 Å². The van der Waals surface area contributed by atoms with Gasteiger partial charge in [0.05, 0.1) is 23.6 Å². The number of fused-ring (bicyclic) bond motifs is 1. The maximum absolute atomic E-state index is 14.5. The smallest absolute Gasteiger partial charge is 0.262 e. The zero-order chi connectivity index (χ0) is 24.0. The predicted octanol–water partition coefficient (Wildman–Crippen LogP) is 3.16. The number of hydrogen-bond acceptors (Lipinski definition) is 5. The van der Waals surface area contributed by atoms with Gasteiger partial charge in [0, 0.05) is 43.4 Å². The molecule has 2 aliphatic rings. The second-order valence-electron chi connectivity index (χ2n) is 8.49. The summed E-state index contributed by atoms with van der Waals surface area (Å²) in [6.07, 6.45) is 0. The van der Waals surface area contributed by atoms with Crippen LogP contribution in [0.4, 0.5) is 14.5 Å². The molecule has 1 saturated heterocycles. The van der Waals surface area contributed by atoms with E-state index in [0.717, 1.165) is 11.8 Å². The number of carbonyl (C=O) groups is 2. The molecule has 0 bridgehead atoms. The lowest BCUT2D eigenvalue weighted by Gasteiger charge is -2.39. The maximum atomic E-state index is 14.5. The van der Waals surface area contributed by atoms with E-state index in [1.165, 1.54) is 17.0 Å². The van der Waals surface area contributed by atoms with Gasteiger partial charge in [0.2, 0.25) is 0 Å². The molecule has 3 heterocycles. The molecule has 176 valence electrons. The van der Waals surface area contributed by atoms with Crippen molar-refractivity contribution in [2.24, 2.45) is 13.0 Å². The molecule has 0 atom stereocenters. The summed E-state index contributed by atoms with van der Waals surface area (Å²) in [6.45, 7) is 2.65. The van der Waals surface area contributed by atoms with Crippen LogP contribution in [0, 0.1) is 24.5 Å². The summed E-state index contributed by atoms with van der Waals surface area (Å²) in [4.78, 5) is 25.7. The molecule has 5 rings (SSSR count). The van der Waals surface area contributed by atoms with Crippen LogP contribution in [0.15, 0.2) is 36.4 Å². The van der Waals surface area contributed by atoms with E-state index >= 15 is 0 Å². The SMILES string of the molecule is Cc1cc(-c2ccc(OCC3CN(C(=O)c4cc5c(cc4F)OCC(=O)N5)C3)c(F)c2)nn1C. The van der Waals surface area contributed by atoms with Crippen LogP contribution in [-0.4, -0.2) is 52.8 Å². The van der Waals surface area contributed by atoms with Crippen molar-refractivity contribution >= 4 is 17.5 Å². The summed E-state index contributed by atoms with van der Waals surface area (Å²) in [5.41, 5.74) is 2.42. The van der Waals surface area contributed by atoms with Crippen LogP contribution >= 0.6 is 0 Å². The first-order chi connectivity index (χ1) is 16.3. The highest BCUT2D eigenvalue weighted by atomic mass is 19.1. The van der Waals surface area contributed by atoms with E-state index in [4.69, 9.17) is 9.47 Å². The number of amides is 2. The number of benzene rings is 2. The minimum Gasteiger partial charge on any atom is -0.490 e. The fourth-order valence-electron chi connectivity index (χ4n) is 3.96. The summed E-state index contributed by atoms with van der Waals surface area (Å²) in [5.74, 6) is -1.76. The Hall–Kier alpha value is -3.95. The molecule has 8 nitrogen and oxygen atoms in total. The molecule has 2 amide bonds. The fourth-order valence-corrected chi connectivity index (χ4v) is 3.96. The van der Waals surface area contributed by atoms with Crippen molar-refractivity contribution in [3.8, 4) is 22.8 Å². The van der Waals surface area contributed by atoms with Gasteiger partial charge < -0.3 is 19.7 Å². The van der Waals surface area contributed by atoms with Gasteiger partial charge in [-0.1, -0.05) is 0 Å². The molecule has 2 aromatic carbocycles. The monoisotopic (exact) mass is 468 g/mol. The molecule has 0 aliphatic carbocycles. The second kappa shape index (κ2) is 8.44. The first-order valence-electron chi connectivity index (χ1n) is 10.8. The van der Waals surface area contributed by atoms with Crippen molar-refractivity contribution in [1.29, 1.82) is 0 Å². The highest BCUT2D eigenvalue weighted by Gasteiger charge is 2.34. The fraction of sp³-hybridized carbons (Fsp3) is 0.292. The third-order valence-corrected chi connectivity index (χ3v) is 5.99. The van der Waals surface area contributed by atoms with E-state index < -0.39 is 17.5 Å². The van der Waals surface area contributed by atoms with E-state index in [-0.39, 0.29) is 47.8 Å². The highest BCUT2D eigenvalue weighted by molar-refractivity contribution is 6.00. The molecular formula is C24H22F2N4O4. The molecule has 0 unspecified atom stereocenters. The Morgan fingerprint density at radius 2 is 2.00 bits per heavy atom. The zero-order valence-electron chi connectivity index (χ0n) is 18.6. The van der Waals surface area contributed by atoms with Crippen molar-refractivity contribution in [2.75, 3.05) is 31.6 Å². The Morgan fingerprint density at radius 1 is 1.21 bits per heavy atom. The maximum Gasteiger partial charge on any atom is 0.262 e. The van der Waals surface area contributed by atoms with Crippen molar-refractivity contribution in [3.63, 3.8) is 0 Å². The summed E-state index contributed by atoms with van der Waals surface area (Å²) in [7, 11) is 1.82. The highest BCUT2D eigenvalue weighted by Crippen LogP contribution is 2.32. The number of aromatic nitrogens is 2. The summed E-state index contributed by atoms with van der Waals surface area (Å²) in [5, 5.41) is 6.91. The molecular weight excluding hydrogens is 446 g/mol. The Balaban J connectivity index is 1.18. The number of ether oxygens (including phenoxy) is 2. The van der Waals surface area contributed by atoms with Crippen LogP contribution in [0.3, 0.4) is 0 Å². The van der Waals surface area contributed by atoms with Gasteiger partial charge in [-0.15, -0.1) is 0 Å². The standard InChI is InChI=1S/C24H22F2N4O4/c1-13-5-19(28-29(13)2)15-3-4-21(18(26)6-15)33-11-14-9-30(10-14)24(32)16-7-20-22(8-17(16)25)34-12-23(31)27-20/h3-8,14H,9-12H2,1-2H3,(H,27,31). The minimum absolute atomic E-state index is 0.00908. The molecule has 10 heteroatoms. The number of nitrogens with zero attached hydrogens (tertiary/aromatic N) is 3.